The molecule has 1 fully saturated rings. The molecule has 4 aromatic rings. The van der Waals surface area contributed by atoms with Crippen molar-refractivity contribution in [2.45, 2.75) is 18.9 Å². The lowest BCUT2D eigenvalue weighted by Gasteiger charge is -2.38. The summed E-state index contributed by atoms with van der Waals surface area (Å²) in [6.45, 7) is 0.650. The van der Waals surface area contributed by atoms with Gasteiger partial charge in [-0.1, -0.05) is 88.1 Å². The zero-order chi connectivity index (χ0) is 30.0. The number of anilines is 1. The molecule has 5 rings (SSSR count). The van der Waals surface area contributed by atoms with E-state index in [1.54, 1.807) is 29.2 Å². The lowest BCUT2D eigenvalue weighted by Crippen LogP contribution is -2.49. The van der Waals surface area contributed by atoms with Crippen molar-refractivity contribution in [1.29, 1.82) is 0 Å². The van der Waals surface area contributed by atoms with Crippen LogP contribution in [0.4, 0.5) is 10.5 Å². The summed E-state index contributed by atoms with van der Waals surface area (Å²) in [6, 6.07) is 20.0. The van der Waals surface area contributed by atoms with Crippen molar-refractivity contribution < 1.29 is 24.2 Å². The topological polar surface area (TPSA) is 87.2 Å². The molecule has 1 aliphatic heterocycles. The minimum Gasteiger partial charge on any atom is -0.449 e. The van der Waals surface area contributed by atoms with Gasteiger partial charge < -0.3 is 19.6 Å². The average molecular weight is 664 g/mol. The van der Waals surface area contributed by atoms with Crippen LogP contribution < -0.4 is 9.64 Å². The van der Waals surface area contributed by atoms with Crippen LogP contribution in [0.25, 0.3) is 10.4 Å². The second-order valence-corrected chi connectivity index (χ2v) is 12.2. The van der Waals surface area contributed by atoms with E-state index >= 15 is 0 Å². The number of nitrogens with zero attached hydrogens (tertiary/aromatic N) is 2. The minimum atomic E-state index is -1.50. The van der Waals surface area contributed by atoms with Gasteiger partial charge in [-0.2, -0.15) is 0 Å². The average Bonchev–Trinajstić information content (AvgIpc) is 3.36. The molecule has 1 aromatic heterocycles. The number of rotatable bonds is 6. The van der Waals surface area contributed by atoms with E-state index in [2.05, 4.69) is 0 Å². The van der Waals surface area contributed by atoms with Gasteiger partial charge in [0, 0.05) is 34.1 Å². The Bertz CT molecular complexity index is 1650. The smallest absolute Gasteiger partial charge is 0.449 e. The first kappa shape index (κ1) is 30.2. The van der Waals surface area contributed by atoms with Gasteiger partial charge in [0.25, 0.3) is 11.8 Å². The molecule has 0 spiro atoms. The van der Waals surface area contributed by atoms with E-state index in [9.17, 15) is 19.5 Å². The molecular formula is C30H22Cl4N2O5S. The molecular weight excluding hydrogens is 642 g/mol. The van der Waals surface area contributed by atoms with Gasteiger partial charge in [0.1, 0.15) is 0 Å². The Kier molecular flexibility index (Phi) is 9.30. The first-order valence-electron chi connectivity index (χ1n) is 12.8. The monoisotopic (exact) mass is 662 g/mol. The summed E-state index contributed by atoms with van der Waals surface area (Å²) in [5.41, 5.74) is 1.66. The summed E-state index contributed by atoms with van der Waals surface area (Å²) < 4.78 is 5.19. The van der Waals surface area contributed by atoms with Crippen molar-refractivity contribution >= 4 is 81.4 Å². The van der Waals surface area contributed by atoms with Gasteiger partial charge in [-0.15, -0.1) is 0 Å². The van der Waals surface area contributed by atoms with Gasteiger partial charge in [0.05, 0.1) is 26.9 Å². The number of hydrogen-bond acceptors (Lipinski definition) is 5. The zero-order valence-corrected chi connectivity index (χ0v) is 25.6. The van der Waals surface area contributed by atoms with Gasteiger partial charge in [-0.3, -0.25) is 9.59 Å². The van der Waals surface area contributed by atoms with Crippen molar-refractivity contribution in [2.24, 2.45) is 0 Å². The van der Waals surface area contributed by atoms with Gasteiger partial charge in [-0.05, 0) is 60.9 Å². The van der Waals surface area contributed by atoms with Gasteiger partial charge in [-0.25, -0.2) is 4.79 Å². The molecule has 0 bridgehead atoms. The Balaban J connectivity index is 1.51. The van der Waals surface area contributed by atoms with E-state index in [-0.39, 0.29) is 26.6 Å². The maximum Gasteiger partial charge on any atom is 0.512 e. The zero-order valence-electron chi connectivity index (χ0n) is 21.7. The Labute approximate surface area is 265 Å². The van der Waals surface area contributed by atoms with Crippen LogP contribution in [0, 0.1) is 0 Å². The van der Waals surface area contributed by atoms with Crippen LogP contribution in [0.3, 0.4) is 0 Å². The van der Waals surface area contributed by atoms with E-state index in [0.29, 0.717) is 52.1 Å². The molecule has 216 valence electrons. The molecule has 0 atom stereocenters. The largest absolute Gasteiger partial charge is 0.512 e. The first-order chi connectivity index (χ1) is 20.1. The van der Waals surface area contributed by atoms with Crippen LogP contribution in [0.1, 0.15) is 33.6 Å². The number of carbonyl (C=O) groups excluding carboxylic acids is 2. The molecule has 0 saturated carbocycles. The quantitative estimate of drug-likeness (QED) is 0.208. The van der Waals surface area contributed by atoms with Gasteiger partial charge in [0.15, 0.2) is 0 Å². The highest BCUT2D eigenvalue weighted by molar-refractivity contribution is 7.18. The number of hydrogen-bond donors (Lipinski definition) is 1. The van der Waals surface area contributed by atoms with Crippen molar-refractivity contribution in [3.8, 4) is 15.5 Å². The van der Waals surface area contributed by atoms with Crippen molar-refractivity contribution in [3.63, 3.8) is 0 Å². The third-order valence-corrected chi connectivity index (χ3v) is 8.98. The lowest BCUT2D eigenvalue weighted by molar-refractivity contribution is 0.0708. The number of thiophene rings is 1. The molecule has 2 amide bonds. The van der Waals surface area contributed by atoms with Crippen LogP contribution in [0.15, 0.2) is 72.8 Å². The number of amides is 2. The number of piperidine rings is 1. The molecule has 42 heavy (non-hydrogen) atoms. The number of likely N-dealkylation sites (tertiary alicyclic amines) is 1. The Hall–Kier alpha value is -3.27. The second-order valence-electron chi connectivity index (χ2n) is 9.46. The van der Waals surface area contributed by atoms with E-state index in [1.807, 2.05) is 30.3 Å². The van der Waals surface area contributed by atoms with Crippen LogP contribution in [-0.2, 0) is 0 Å². The highest BCUT2D eigenvalue weighted by Crippen LogP contribution is 2.45. The number of carboxylic acid groups (broad SMARTS) is 1. The molecule has 0 unspecified atom stereocenters. The maximum atomic E-state index is 14.2. The maximum absolute atomic E-state index is 14.2. The van der Waals surface area contributed by atoms with Gasteiger partial charge >= 0.3 is 6.16 Å². The van der Waals surface area contributed by atoms with E-state index < -0.39 is 18.1 Å². The van der Waals surface area contributed by atoms with Crippen molar-refractivity contribution in [2.75, 3.05) is 18.0 Å². The fraction of sp³-hybridized carbons (Fsp3) is 0.167. The lowest BCUT2D eigenvalue weighted by atomic mass is 10.00. The fourth-order valence-corrected chi connectivity index (χ4v) is 6.83. The molecule has 1 aliphatic rings. The summed E-state index contributed by atoms with van der Waals surface area (Å²) in [4.78, 5) is 43.0. The standard InChI is InChI=1S/C30H22Cl4N2O5S/c31-18-6-8-21(23(33)14-18)27(37)35-12-10-20(11-13-35)36(28(38)22-9-7-19(32)15-24(22)34)25-16-26(17-4-2-1-3-5-17)42-29(25)41-30(39)40/h1-9,14-16,20H,10-13H2,(H,39,40). The third-order valence-electron chi connectivity index (χ3n) is 6.84. The van der Waals surface area contributed by atoms with E-state index in [1.165, 1.54) is 23.1 Å². The first-order valence-corrected chi connectivity index (χ1v) is 15.1. The molecule has 12 heteroatoms. The van der Waals surface area contributed by atoms with E-state index in [0.717, 1.165) is 16.9 Å². The van der Waals surface area contributed by atoms with Crippen molar-refractivity contribution in [3.05, 3.63) is 104 Å². The Morgan fingerprint density at radius 2 is 1.43 bits per heavy atom. The number of carbonyl (C=O) groups is 3. The SMILES string of the molecule is O=C(O)Oc1sc(-c2ccccc2)cc1N(C(=O)c1ccc(Cl)cc1Cl)C1CCN(C(=O)c2ccc(Cl)cc2Cl)CC1. The minimum absolute atomic E-state index is 0.0474. The Morgan fingerprint density at radius 3 is 2.00 bits per heavy atom. The summed E-state index contributed by atoms with van der Waals surface area (Å²) >= 11 is 25.9. The van der Waals surface area contributed by atoms with Crippen LogP contribution >= 0.6 is 57.7 Å². The second kappa shape index (κ2) is 12.9. The molecule has 7 nitrogen and oxygen atoms in total. The number of ether oxygens (including phenoxy) is 1. The third kappa shape index (κ3) is 6.53. The summed E-state index contributed by atoms with van der Waals surface area (Å²) in [6.07, 6.45) is -0.705. The summed E-state index contributed by atoms with van der Waals surface area (Å²) in [5, 5.41) is 10.8. The Morgan fingerprint density at radius 1 is 0.833 bits per heavy atom. The van der Waals surface area contributed by atoms with Crippen molar-refractivity contribution in [1.82, 2.24) is 4.90 Å². The summed E-state index contributed by atoms with van der Waals surface area (Å²) in [5.74, 6) is -0.694. The number of halogens is 4. The fourth-order valence-electron chi connectivity index (χ4n) is 4.85. The molecule has 0 aliphatic carbocycles. The highest BCUT2D eigenvalue weighted by atomic mass is 35.5. The molecule has 0 radical (unpaired) electrons. The van der Waals surface area contributed by atoms with Crippen LogP contribution in [0.5, 0.6) is 5.06 Å². The molecule has 3 aromatic carbocycles. The van der Waals surface area contributed by atoms with Crippen LogP contribution in [-0.4, -0.2) is 47.1 Å². The van der Waals surface area contributed by atoms with E-state index in [4.69, 9.17) is 51.1 Å². The highest BCUT2D eigenvalue weighted by Gasteiger charge is 2.35. The summed E-state index contributed by atoms with van der Waals surface area (Å²) in [7, 11) is 0. The molecule has 1 saturated heterocycles. The normalized spacial score (nSPS) is 13.6. The molecule has 1 N–H and O–H groups in total. The predicted octanol–water partition coefficient (Wildman–Crippen LogP) is 9.04. The number of benzene rings is 3. The predicted molar refractivity (Wildman–Crippen MR) is 167 cm³/mol. The van der Waals surface area contributed by atoms with Crippen LogP contribution in [0.2, 0.25) is 20.1 Å². The van der Waals surface area contributed by atoms with Gasteiger partial charge in [0.2, 0.25) is 5.06 Å². The molecule has 2 heterocycles.